The van der Waals surface area contributed by atoms with Crippen LogP contribution < -0.4 is 21.7 Å². The van der Waals surface area contributed by atoms with Crippen LogP contribution in [-0.2, 0) is 6.42 Å². The lowest BCUT2D eigenvalue weighted by molar-refractivity contribution is 0.447. The molecule has 7 heteroatoms. The summed E-state index contributed by atoms with van der Waals surface area (Å²) in [5.74, 6) is 9.73. The quantitative estimate of drug-likeness (QED) is 0.390. The summed E-state index contributed by atoms with van der Waals surface area (Å²) in [7, 11) is 0. The molecule has 0 unspecified atom stereocenters. The number of hydrogen-bond acceptors (Lipinski definition) is 6. The van der Waals surface area contributed by atoms with Crippen LogP contribution in [-0.4, -0.2) is 29.4 Å². The van der Waals surface area contributed by atoms with E-state index in [1.165, 1.54) is 5.56 Å². The minimum absolute atomic E-state index is 0.264. The number of rotatable bonds is 5. The van der Waals surface area contributed by atoms with Gasteiger partial charge in [0.15, 0.2) is 0 Å². The number of para-hydroxylation sites is 2. The molecule has 0 aliphatic carbocycles. The van der Waals surface area contributed by atoms with E-state index in [1.807, 2.05) is 53.2 Å². The van der Waals surface area contributed by atoms with E-state index in [2.05, 4.69) is 23.0 Å². The molecular weight excluding hydrogens is 390 g/mol. The highest BCUT2D eigenvalue weighted by atomic mass is 35.5. The number of aryl methyl sites for hydroxylation is 1. The van der Waals surface area contributed by atoms with E-state index >= 15 is 0 Å². The summed E-state index contributed by atoms with van der Waals surface area (Å²) >= 11 is 8.04. The van der Waals surface area contributed by atoms with Crippen LogP contribution in [0, 0.1) is 0 Å². The number of thioether (sulfide) groups is 1. The van der Waals surface area contributed by atoms with Crippen LogP contribution in [0.3, 0.4) is 0 Å². The van der Waals surface area contributed by atoms with Crippen molar-refractivity contribution in [3.63, 3.8) is 0 Å². The first kappa shape index (κ1) is 19.6. The highest BCUT2D eigenvalue weighted by molar-refractivity contribution is 7.99. The van der Waals surface area contributed by atoms with Crippen molar-refractivity contribution in [2.24, 2.45) is 10.8 Å². The first-order chi connectivity index (χ1) is 13.7. The lowest BCUT2D eigenvalue weighted by atomic mass is 9.87. The number of amidine groups is 1. The summed E-state index contributed by atoms with van der Waals surface area (Å²) in [6, 6.07) is 16.1. The topological polar surface area (TPSA) is 65.7 Å². The Labute approximate surface area is 175 Å². The summed E-state index contributed by atoms with van der Waals surface area (Å²) in [5.41, 5.74) is 9.66. The van der Waals surface area contributed by atoms with Gasteiger partial charge in [0.2, 0.25) is 0 Å². The Morgan fingerprint density at radius 2 is 1.96 bits per heavy atom. The predicted molar refractivity (Wildman–Crippen MR) is 120 cm³/mol. The predicted octanol–water partition coefficient (Wildman–Crippen LogP) is 4.06. The summed E-state index contributed by atoms with van der Waals surface area (Å²) in [4.78, 5) is 4.93. The molecule has 1 spiro atoms. The highest BCUT2D eigenvalue weighted by Crippen LogP contribution is 2.42. The second kappa shape index (κ2) is 8.74. The minimum Gasteiger partial charge on any atom is -0.307 e. The number of anilines is 1. The van der Waals surface area contributed by atoms with Crippen LogP contribution in [0.15, 0.2) is 53.5 Å². The molecule has 2 aromatic rings. The molecule has 4 rings (SSSR count). The number of fused-ring (bicyclic) bond motifs is 1. The lowest BCUT2D eigenvalue weighted by Gasteiger charge is -2.47. The smallest absolute Gasteiger partial charge is 0.144 e. The van der Waals surface area contributed by atoms with E-state index in [1.54, 1.807) is 0 Å². The maximum Gasteiger partial charge on any atom is 0.144 e. The summed E-state index contributed by atoms with van der Waals surface area (Å²) < 4.78 is 0. The van der Waals surface area contributed by atoms with E-state index in [0.29, 0.717) is 0 Å². The Kier molecular flexibility index (Phi) is 6.11. The maximum atomic E-state index is 6.63. The van der Waals surface area contributed by atoms with Crippen molar-refractivity contribution in [1.82, 2.24) is 10.9 Å². The molecule has 0 radical (unpaired) electrons. The molecule has 1 fully saturated rings. The van der Waals surface area contributed by atoms with Gasteiger partial charge in [-0.3, -0.25) is 5.01 Å². The lowest BCUT2D eigenvalue weighted by Crippen LogP contribution is -2.66. The first-order valence-electron chi connectivity index (χ1n) is 9.73. The average Bonchev–Trinajstić information content (AvgIpc) is 2.72. The molecule has 0 bridgehead atoms. The zero-order valence-electron chi connectivity index (χ0n) is 15.8. The van der Waals surface area contributed by atoms with E-state index in [-0.39, 0.29) is 5.54 Å². The second-order valence-corrected chi connectivity index (χ2v) is 8.91. The summed E-state index contributed by atoms with van der Waals surface area (Å²) in [6.07, 6.45) is 3.96. The Bertz CT molecular complexity index is 850. The van der Waals surface area contributed by atoms with Gasteiger partial charge in [0, 0.05) is 11.6 Å². The molecule has 1 saturated heterocycles. The molecule has 0 amide bonds. The molecule has 4 N–H and O–H groups in total. The van der Waals surface area contributed by atoms with Gasteiger partial charge in [0.05, 0.1) is 11.4 Å². The standard InChI is InChI=1S/C21H26ClN5S/c22-17-7-3-5-16(15-17)6-4-12-24-26-20-21(10-13-28-14-11-21)27(23)19-9-2-1-8-18(19)25-20/h1-3,5,7-9,15,24H,4,6,10-14,23H2,(H,25,26). The maximum absolute atomic E-state index is 6.63. The van der Waals surface area contributed by atoms with Gasteiger partial charge in [0.25, 0.3) is 0 Å². The third kappa shape index (κ3) is 4.01. The zero-order valence-corrected chi connectivity index (χ0v) is 17.4. The number of halogens is 1. The molecule has 0 saturated carbocycles. The van der Waals surface area contributed by atoms with Crippen LogP contribution in [0.25, 0.3) is 0 Å². The van der Waals surface area contributed by atoms with Crippen molar-refractivity contribution in [3.8, 4) is 0 Å². The van der Waals surface area contributed by atoms with Crippen LogP contribution in [0.1, 0.15) is 24.8 Å². The number of nitrogens with one attached hydrogen (secondary N) is 2. The highest BCUT2D eigenvalue weighted by Gasteiger charge is 2.45. The first-order valence-corrected chi connectivity index (χ1v) is 11.3. The Morgan fingerprint density at radius 1 is 1.14 bits per heavy atom. The SMILES string of the molecule is NN1c2ccccc2N=C(NNCCCc2cccc(Cl)c2)C12CCSCC2. The van der Waals surface area contributed by atoms with Crippen LogP contribution in [0.2, 0.25) is 5.02 Å². The monoisotopic (exact) mass is 415 g/mol. The fraction of sp³-hybridized carbons (Fsp3) is 0.381. The minimum atomic E-state index is -0.264. The largest absolute Gasteiger partial charge is 0.307 e. The number of benzene rings is 2. The van der Waals surface area contributed by atoms with Gasteiger partial charge >= 0.3 is 0 Å². The van der Waals surface area contributed by atoms with Crippen molar-refractivity contribution in [1.29, 1.82) is 0 Å². The van der Waals surface area contributed by atoms with Gasteiger partial charge in [-0.05, 0) is 67.0 Å². The summed E-state index contributed by atoms with van der Waals surface area (Å²) in [6.45, 7) is 0.836. The summed E-state index contributed by atoms with van der Waals surface area (Å²) in [5, 5.41) is 2.73. The van der Waals surface area contributed by atoms with Crippen LogP contribution in [0.5, 0.6) is 0 Å². The molecule has 2 aromatic carbocycles. The normalized spacial score (nSPS) is 17.9. The van der Waals surface area contributed by atoms with E-state index in [0.717, 1.165) is 66.0 Å². The Balaban J connectivity index is 1.42. The molecule has 28 heavy (non-hydrogen) atoms. The molecule has 5 nitrogen and oxygen atoms in total. The second-order valence-electron chi connectivity index (χ2n) is 7.25. The van der Waals surface area contributed by atoms with E-state index < -0.39 is 0 Å². The molecule has 148 valence electrons. The number of nitrogens with zero attached hydrogens (tertiary/aromatic N) is 2. The number of nitrogens with two attached hydrogens (primary N) is 1. The van der Waals surface area contributed by atoms with Gasteiger partial charge in [-0.2, -0.15) is 11.8 Å². The van der Waals surface area contributed by atoms with E-state index in [9.17, 15) is 0 Å². The van der Waals surface area contributed by atoms with Crippen molar-refractivity contribution in [3.05, 3.63) is 59.1 Å². The van der Waals surface area contributed by atoms with Crippen molar-refractivity contribution >= 4 is 40.6 Å². The fourth-order valence-corrected chi connectivity index (χ4v) is 5.26. The van der Waals surface area contributed by atoms with Gasteiger partial charge in [-0.25, -0.2) is 16.3 Å². The number of aliphatic imine (C=N–C) groups is 1. The zero-order chi connectivity index (χ0) is 19.4. The van der Waals surface area contributed by atoms with Crippen molar-refractivity contribution in [2.75, 3.05) is 23.1 Å². The van der Waals surface area contributed by atoms with Crippen LogP contribution in [0.4, 0.5) is 11.4 Å². The number of hydrazine groups is 2. The molecule has 0 atom stereocenters. The van der Waals surface area contributed by atoms with Gasteiger partial charge in [-0.15, -0.1) is 0 Å². The van der Waals surface area contributed by atoms with Crippen LogP contribution >= 0.6 is 23.4 Å². The third-order valence-electron chi connectivity index (χ3n) is 5.46. The van der Waals surface area contributed by atoms with Gasteiger partial charge < -0.3 is 5.43 Å². The molecular formula is C21H26ClN5S. The fourth-order valence-electron chi connectivity index (χ4n) is 3.88. The molecule has 0 aromatic heterocycles. The Morgan fingerprint density at radius 3 is 2.79 bits per heavy atom. The van der Waals surface area contributed by atoms with Crippen molar-refractivity contribution in [2.45, 2.75) is 31.2 Å². The molecule has 2 aliphatic heterocycles. The number of hydrogen-bond donors (Lipinski definition) is 3. The molecule has 2 heterocycles. The van der Waals surface area contributed by atoms with E-state index in [4.69, 9.17) is 22.4 Å². The Hall–Kier alpha value is -1.73. The third-order valence-corrected chi connectivity index (χ3v) is 6.68. The average molecular weight is 416 g/mol. The van der Waals surface area contributed by atoms with Gasteiger partial charge in [-0.1, -0.05) is 35.9 Å². The van der Waals surface area contributed by atoms with Crippen molar-refractivity contribution < 1.29 is 0 Å². The van der Waals surface area contributed by atoms with Gasteiger partial charge in [0.1, 0.15) is 11.4 Å². The molecule has 2 aliphatic rings.